The number of hydrogen-bond donors (Lipinski definition) is 1. The third-order valence-corrected chi connectivity index (χ3v) is 3.45. The maximum atomic E-state index is 12.2. The highest BCUT2D eigenvalue weighted by molar-refractivity contribution is 9.10. The molecule has 2 aromatic carbocycles. The van der Waals surface area contributed by atoms with Crippen LogP contribution in [0.1, 0.15) is 29.8 Å². The van der Waals surface area contributed by atoms with Crippen LogP contribution in [0.5, 0.6) is 5.75 Å². The van der Waals surface area contributed by atoms with Gasteiger partial charge in [-0.1, -0.05) is 15.9 Å². The maximum absolute atomic E-state index is 12.2. The van der Waals surface area contributed by atoms with Gasteiger partial charge in [0, 0.05) is 15.7 Å². The lowest BCUT2D eigenvalue weighted by Crippen LogP contribution is -2.13. The Hall–Kier alpha value is -1.81. The molecule has 0 heterocycles. The quantitative estimate of drug-likeness (QED) is 0.862. The Balaban J connectivity index is 2.12. The number of anilines is 1. The SMILES string of the molecule is Cc1cc(OC(C)C)ccc1NC(=O)c1ccc(Br)cc1. The fourth-order valence-electron chi connectivity index (χ4n) is 1.92. The minimum absolute atomic E-state index is 0.122. The molecule has 2 rings (SSSR count). The molecule has 0 aromatic heterocycles. The van der Waals surface area contributed by atoms with Crippen LogP contribution >= 0.6 is 15.9 Å². The van der Waals surface area contributed by atoms with Gasteiger partial charge in [-0.05, 0) is 68.8 Å². The zero-order valence-corrected chi connectivity index (χ0v) is 13.9. The minimum Gasteiger partial charge on any atom is -0.491 e. The number of benzene rings is 2. The van der Waals surface area contributed by atoms with Crippen molar-refractivity contribution in [3.05, 3.63) is 58.1 Å². The summed E-state index contributed by atoms with van der Waals surface area (Å²) in [7, 11) is 0. The van der Waals surface area contributed by atoms with Gasteiger partial charge in [0.2, 0.25) is 0 Å². The molecule has 0 unspecified atom stereocenters. The Morgan fingerprint density at radius 1 is 1.14 bits per heavy atom. The maximum Gasteiger partial charge on any atom is 0.255 e. The van der Waals surface area contributed by atoms with E-state index in [1.807, 2.05) is 51.1 Å². The molecule has 1 N–H and O–H groups in total. The largest absolute Gasteiger partial charge is 0.491 e. The van der Waals surface area contributed by atoms with Gasteiger partial charge in [-0.2, -0.15) is 0 Å². The summed E-state index contributed by atoms with van der Waals surface area (Å²) >= 11 is 3.35. The summed E-state index contributed by atoms with van der Waals surface area (Å²) < 4.78 is 6.58. The Morgan fingerprint density at radius 2 is 1.81 bits per heavy atom. The van der Waals surface area contributed by atoms with Crippen LogP contribution in [0.15, 0.2) is 46.9 Å². The average Bonchev–Trinajstić information content (AvgIpc) is 2.42. The van der Waals surface area contributed by atoms with Gasteiger partial charge in [0.25, 0.3) is 5.91 Å². The zero-order chi connectivity index (χ0) is 15.4. The molecule has 1 amide bonds. The topological polar surface area (TPSA) is 38.3 Å². The average molecular weight is 348 g/mol. The van der Waals surface area contributed by atoms with E-state index in [1.54, 1.807) is 12.1 Å². The molecule has 0 saturated carbocycles. The molecule has 3 nitrogen and oxygen atoms in total. The number of carbonyl (C=O) groups excluding carboxylic acids is 1. The summed E-state index contributed by atoms with van der Waals surface area (Å²) in [4.78, 5) is 12.2. The number of carbonyl (C=O) groups is 1. The Morgan fingerprint density at radius 3 is 2.38 bits per heavy atom. The monoisotopic (exact) mass is 347 g/mol. The zero-order valence-electron chi connectivity index (χ0n) is 12.3. The lowest BCUT2D eigenvalue weighted by molar-refractivity contribution is 0.102. The highest BCUT2D eigenvalue weighted by Crippen LogP contribution is 2.23. The molecular formula is C17H18BrNO2. The van der Waals surface area contributed by atoms with Crippen LogP contribution in [-0.2, 0) is 0 Å². The lowest BCUT2D eigenvalue weighted by Gasteiger charge is -2.13. The van der Waals surface area contributed by atoms with Gasteiger partial charge in [0.1, 0.15) is 5.75 Å². The van der Waals surface area contributed by atoms with Crippen molar-refractivity contribution >= 4 is 27.5 Å². The summed E-state index contributed by atoms with van der Waals surface area (Å²) in [6, 6.07) is 12.9. The molecule has 2 aromatic rings. The lowest BCUT2D eigenvalue weighted by atomic mass is 10.1. The molecule has 110 valence electrons. The van der Waals surface area contributed by atoms with Crippen molar-refractivity contribution in [2.45, 2.75) is 26.9 Å². The van der Waals surface area contributed by atoms with Crippen molar-refractivity contribution in [3.8, 4) is 5.75 Å². The molecule has 0 atom stereocenters. The van der Waals surface area contributed by atoms with Crippen molar-refractivity contribution < 1.29 is 9.53 Å². The number of nitrogens with one attached hydrogen (secondary N) is 1. The van der Waals surface area contributed by atoms with E-state index in [4.69, 9.17) is 4.74 Å². The molecule has 0 aliphatic rings. The van der Waals surface area contributed by atoms with Crippen LogP contribution in [0.4, 0.5) is 5.69 Å². The van der Waals surface area contributed by atoms with Gasteiger partial charge in [0.15, 0.2) is 0 Å². The van der Waals surface area contributed by atoms with Gasteiger partial charge < -0.3 is 10.1 Å². The second-order valence-electron chi connectivity index (χ2n) is 5.10. The first-order valence-corrected chi connectivity index (χ1v) is 7.59. The van der Waals surface area contributed by atoms with Crippen LogP contribution < -0.4 is 10.1 Å². The Labute approximate surface area is 133 Å². The molecule has 0 radical (unpaired) electrons. The minimum atomic E-state index is -0.122. The van der Waals surface area contributed by atoms with Crippen LogP contribution in [0, 0.1) is 6.92 Å². The van der Waals surface area contributed by atoms with Crippen LogP contribution in [0.3, 0.4) is 0 Å². The van der Waals surface area contributed by atoms with E-state index < -0.39 is 0 Å². The van der Waals surface area contributed by atoms with Crippen molar-refractivity contribution in [2.75, 3.05) is 5.32 Å². The fourth-order valence-corrected chi connectivity index (χ4v) is 2.18. The van der Waals surface area contributed by atoms with E-state index in [0.717, 1.165) is 21.5 Å². The summed E-state index contributed by atoms with van der Waals surface area (Å²) in [5, 5.41) is 2.92. The van der Waals surface area contributed by atoms with Gasteiger partial charge >= 0.3 is 0 Å². The number of hydrogen-bond acceptors (Lipinski definition) is 2. The Kier molecular flexibility index (Phi) is 5.02. The van der Waals surface area contributed by atoms with Crippen LogP contribution in [-0.4, -0.2) is 12.0 Å². The number of aryl methyl sites for hydroxylation is 1. The number of rotatable bonds is 4. The smallest absolute Gasteiger partial charge is 0.255 e. The van der Waals surface area contributed by atoms with E-state index >= 15 is 0 Å². The highest BCUT2D eigenvalue weighted by Gasteiger charge is 2.08. The van der Waals surface area contributed by atoms with E-state index in [0.29, 0.717) is 5.56 Å². The van der Waals surface area contributed by atoms with E-state index in [2.05, 4.69) is 21.2 Å². The summed E-state index contributed by atoms with van der Waals surface area (Å²) in [6.45, 7) is 5.92. The highest BCUT2D eigenvalue weighted by atomic mass is 79.9. The molecule has 0 spiro atoms. The van der Waals surface area contributed by atoms with Gasteiger partial charge in [-0.25, -0.2) is 0 Å². The van der Waals surface area contributed by atoms with Gasteiger partial charge in [-0.15, -0.1) is 0 Å². The molecular weight excluding hydrogens is 330 g/mol. The van der Waals surface area contributed by atoms with Crippen molar-refractivity contribution in [1.29, 1.82) is 0 Å². The van der Waals surface area contributed by atoms with E-state index in [-0.39, 0.29) is 12.0 Å². The molecule has 0 aliphatic carbocycles. The second kappa shape index (κ2) is 6.76. The van der Waals surface area contributed by atoms with Gasteiger partial charge in [-0.3, -0.25) is 4.79 Å². The standard InChI is InChI=1S/C17H18BrNO2/c1-11(2)21-15-8-9-16(12(3)10-15)19-17(20)13-4-6-14(18)7-5-13/h4-11H,1-3H3,(H,19,20). The first-order valence-electron chi connectivity index (χ1n) is 6.80. The van der Waals surface area contributed by atoms with Crippen molar-refractivity contribution in [3.63, 3.8) is 0 Å². The summed E-state index contributed by atoms with van der Waals surface area (Å²) in [6.07, 6.45) is 0.132. The predicted octanol–water partition coefficient (Wildman–Crippen LogP) is 4.80. The summed E-state index contributed by atoms with van der Waals surface area (Å²) in [5.41, 5.74) is 2.39. The normalized spacial score (nSPS) is 10.5. The molecule has 4 heteroatoms. The van der Waals surface area contributed by atoms with E-state index in [1.165, 1.54) is 0 Å². The molecule has 0 fully saturated rings. The Bertz CT molecular complexity index is 636. The summed E-state index contributed by atoms with van der Waals surface area (Å²) in [5.74, 6) is 0.687. The van der Waals surface area contributed by atoms with Gasteiger partial charge in [0.05, 0.1) is 6.10 Å². The van der Waals surface area contributed by atoms with Crippen LogP contribution in [0.2, 0.25) is 0 Å². The van der Waals surface area contributed by atoms with E-state index in [9.17, 15) is 4.79 Å². The fraction of sp³-hybridized carbons (Fsp3) is 0.235. The first-order chi connectivity index (χ1) is 9.95. The molecule has 0 bridgehead atoms. The number of ether oxygens (including phenoxy) is 1. The second-order valence-corrected chi connectivity index (χ2v) is 6.02. The number of amides is 1. The van der Waals surface area contributed by atoms with Crippen LogP contribution in [0.25, 0.3) is 0 Å². The molecule has 21 heavy (non-hydrogen) atoms. The molecule has 0 saturated heterocycles. The van der Waals surface area contributed by atoms with Crippen molar-refractivity contribution in [1.82, 2.24) is 0 Å². The molecule has 0 aliphatic heterocycles. The third kappa shape index (κ3) is 4.33. The van der Waals surface area contributed by atoms with Crippen molar-refractivity contribution in [2.24, 2.45) is 0 Å². The first kappa shape index (κ1) is 15.6. The number of halogens is 1. The third-order valence-electron chi connectivity index (χ3n) is 2.92. The predicted molar refractivity (Wildman–Crippen MR) is 89.0 cm³/mol.